The number of amides is 1. The molecule has 1 aliphatic heterocycles. The van der Waals surface area contributed by atoms with Gasteiger partial charge in [0.25, 0.3) is 0 Å². The van der Waals surface area contributed by atoms with Gasteiger partial charge in [-0.25, -0.2) is 0 Å². The number of hydrogen-bond donors (Lipinski definition) is 1. The molecule has 5 heteroatoms. The van der Waals surface area contributed by atoms with Crippen LogP contribution in [-0.4, -0.2) is 31.1 Å². The average Bonchev–Trinajstić information content (AvgIpc) is 2.42. The first-order chi connectivity index (χ1) is 7.63. The summed E-state index contributed by atoms with van der Waals surface area (Å²) in [7, 11) is 3.25. The van der Waals surface area contributed by atoms with Crippen LogP contribution in [0, 0.1) is 0 Å². The Bertz CT molecular complexity index is 420. The van der Waals surface area contributed by atoms with Crippen LogP contribution in [0.25, 0.3) is 0 Å². The fraction of sp³-hybridized carbons (Fsp3) is 0.455. The summed E-state index contributed by atoms with van der Waals surface area (Å²) in [4.78, 5) is 17.6. The Labute approximate surface area is 94.2 Å². The third-order valence-electron chi connectivity index (χ3n) is 2.83. The Morgan fingerprint density at radius 2 is 2.31 bits per heavy atom. The number of rotatable bonds is 1. The van der Waals surface area contributed by atoms with Crippen LogP contribution >= 0.6 is 0 Å². The molecule has 1 amide bonds. The van der Waals surface area contributed by atoms with Crippen molar-refractivity contribution in [3.63, 3.8) is 0 Å². The Hall–Kier alpha value is -1.62. The van der Waals surface area contributed by atoms with Crippen LogP contribution in [0.1, 0.15) is 12.0 Å². The quantitative estimate of drug-likeness (QED) is 0.742. The van der Waals surface area contributed by atoms with Crippen molar-refractivity contribution >= 4 is 11.7 Å². The largest absolute Gasteiger partial charge is 0.481 e. The van der Waals surface area contributed by atoms with Gasteiger partial charge in [-0.1, -0.05) is 0 Å². The van der Waals surface area contributed by atoms with Crippen molar-refractivity contribution < 1.29 is 9.53 Å². The van der Waals surface area contributed by atoms with Crippen molar-refractivity contribution in [2.75, 3.05) is 19.1 Å². The number of ether oxygens (including phenoxy) is 1. The number of nitrogens with zero attached hydrogens (tertiary/aromatic N) is 2. The van der Waals surface area contributed by atoms with Crippen LogP contribution in [0.3, 0.4) is 0 Å². The molecule has 2 heterocycles. The number of methoxy groups -OCH3 is 1. The Morgan fingerprint density at radius 1 is 1.56 bits per heavy atom. The SMILES string of the molecule is COc1ccc2c(n1)N(C)C(=O)[C@@H](N)CC2. The van der Waals surface area contributed by atoms with Crippen molar-refractivity contribution in [3.8, 4) is 5.88 Å². The van der Waals surface area contributed by atoms with Crippen LogP contribution in [0.4, 0.5) is 5.82 Å². The fourth-order valence-corrected chi connectivity index (χ4v) is 1.85. The summed E-state index contributed by atoms with van der Waals surface area (Å²) in [5.41, 5.74) is 6.80. The minimum Gasteiger partial charge on any atom is -0.481 e. The molecule has 2 N–H and O–H groups in total. The number of fused-ring (bicyclic) bond motifs is 1. The maximum Gasteiger partial charge on any atom is 0.244 e. The highest BCUT2D eigenvalue weighted by Gasteiger charge is 2.26. The van der Waals surface area contributed by atoms with Crippen LogP contribution in [0.15, 0.2) is 12.1 Å². The van der Waals surface area contributed by atoms with Gasteiger partial charge < -0.3 is 10.5 Å². The van der Waals surface area contributed by atoms with Gasteiger partial charge in [0.15, 0.2) is 0 Å². The maximum absolute atomic E-state index is 11.8. The van der Waals surface area contributed by atoms with E-state index >= 15 is 0 Å². The molecule has 1 aromatic rings. The molecule has 0 fully saturated rings. The standard InChI is InChI=1S/C11H15N3O2/c1-14-10-7(3-5-8(12)11(14)15)4-6-9(13-10)16-2/h4,6,8H,3,5,12H2,1-2H3/t8-/m0/s1. The third-order valence-corrected chi connectivity index (χ3v) is 2.83. The maximum atomic E-state index is 11.8. The normalized spacial score (nSPS) is 20.3. The van der Waals surface area contributed by atoms with E-state index in [2.05, 4.69) is 4.98 Å². The molecular formula is C11H15N3O2. The predicted octanol–water partition coefficient (Wildman–Crippen LogP) is 0.326. The Morgan fingerprint density at radius 3 is 3.00 bits per heavy atom. The first kappa shape index (κ1) is 10.9. The number of hydrogen-bond acceptors (Lipinski definition) is 4. The number of carbonyl (C=O) groups excluding carboxylic acids is 1. The van der Waals surface area contributed by atoms with E-state index in [0.29, 0.717) is 18.1 Å². The Balaban J connectivity index is 2.45. The van der Waals surface area contributed by atoms with E-state index in [1.165, 1.54) is 4.90 Å². The van der Waals surface area contributed by atoms with Crippen LogP contribution in [0.5, 0.6) is 5.88 Å². The molecule has 86 valence electrons. The first-order valence-electron chi connectivity index (χ1n) is 5.20. The summed E-state index contributed by atoms with van der Waals surface area (Å²) in [6.45, 7) is 0. The van der Waals surface area contributed by atoms with Crippen LogP contribution < -0.4 is 15.4 Å². The number of aromatic nitrogens is 1. The molecule has 1 aromatic heterocycles. The number of anilines is 1. The molecule has 16 heavy (non-hydrogen) atoms. The highest BCUT2D eigenvalue weighted by atomic mass is 16.5. The molecule has 0 bridgehead atoms. The van der Waals surface area contributed by atoms with Crippen LogP contribution in [-0.2, 0) is 11.2 Å². The average molecular weight is 221 g/mol. The summed E-state index contributed by atoms with van der Waals surface area (Å²) >= 11 is 0. The minimum atomic E-state index is -0.440. The molecule has 0 spiro atoms. The second-order valence-corrected chi connectivity index (χ2v) is 3.88. The number of nitrogens with two attached hydrogens (primary N) is 1. The molecule has 0 radical (unpaired) electrons. The van der Waals surface area contributed by atoms with Gasteiger partial charge in [-0.15, -0.1) is 0 Å². The molecule has 1 aliphatic rings. The zero-order valence-corrected chi connectivity index (χ0v) is 9.43. The summed E-state index contributed by atoms with van der Waals surface area (Å²) < 4.78 is 5.05. The summed E-state index contributed by atoms with van der Waals surface area (Å²) in [5, 5.41) is 0. The number of aryl methyl sites for hydroxylation is 1. The van der Waals surface area contributed by atoms with Gasteiger partial charge in [-0.3, -0.25) is 9.69 Å². The number of likely N-dealkylation sites (N-methyl/N-ethyl adjacent to an activating group) is 1. The van der Waals surface area contributed by atoms with Crippen molar-refractivity contribution in [3.05, 3.63) is 17.7 Å². The minimum absolute atomic E-state index is 0.0977. The van der Waals surface area contributed by atoms with E-state index in [0.717, 1.165) is 12.0 Å². The van der Waals surface area contributed by atoms with Crippen molar-refractivity contribution in [2.45, 2.75) is 18.9 Å². The fourth-order valence-electron chi connectivity index (χ4n) is 1.85. The molecule has 0 unspecified atom stereocenters. The van der Waals surface area contributed by atoms with Gasteiger partial charge in [-0.2, -0.15) is 4.98 Å². The zero-order valence-electron chi connectivity index (χ0n) is 9.43. The smallest absolute Gasteiger partial charge is 0.244 e. The van der Waals surface area contributed by atoms with Gasteiger partial charge in [0.2, 0.25) is 11.8 Å². The lowest BCUT2D eigenvalue weighted by Crippen LogP contribution is -2.40. The number of carbonyl (C=O) groups is 1. The second-order valence-electron chi connectivity index (χ2n) is 3.88. The molecule has 1 atom stereocenters. The van der Waals surface area contributed by atoms with Gasteiger partial charge >= 0.3 is 0 Å². The zero-order chi connectivity index (χ0) is 11.7. The molecule has 0 aromatic carbocycles. The second kappa shape index (κ2) is 4.09. The predicted molar refractivity (Wildman–Crippen MR) is 60.5 cm³/mol. The summed E-state index contributed by atoms with van der Waals surface area (Å²) in [5.74, 6) is 1.06. The molecular weight excluding hydrogens is 206 g/mol. The number of pyridine rings is 1. The Kier molecular flexibility index (Phi) is 2.78. The lowest BCUT2D eigenvalue weighted by Gasteiger charge is -2.18. The highest BCUT2D eigenvalue weighted by Crippen LogP contribution is 2.25. The van der Waals surface area contributed by atoms with Gasteiger partial charge in [0, 0.05) is 13.1 Å². The highest BCUT2D eigenvalue weighted by molar-refractivity contribution is 5.97. The van der Waals surface area contributed by atoms with Gasteiger partial charge in [-0.05, 0) is 24.5 Å². The summed E-state index contributed by atoms with van der Waals surface area (Å²) in [6, 6.07) is 3.29. The monoisotopic (exact) mass is 221 g/mol. The summed E-state index contributed by atoms with van der Waals surface area (Å²) in [6.07, 6.45) is 1.42. The van der Waals surface area contributed by atoms with E-state index < -0.39 is 6.04 Å². The van der Waals surface area contributed by atoms with Crippen molar-refractivity contribution in [2.24, 2.45) is 5.73 Å². The molecule has 0 aliphatic carbocycles. The topological polar surface area (TPSA) is 68.5 Å². The van der Waals surface area contributed by atoms with Crippen LogP contribution in [0.2, 0.25) is 0 Å². The van der Waals surface area contributed by atoms with Crippen molar-refractivity contribution in [1.82, 2.24) is 4.98 Å². The molecule has 0 saturated heterocycles. The first-order valence-corrected chi connectivity index (χ1v) is 5.20. The van der Waals surface area contributed by atoms with E-state index in [9.17, 15) is 4.79 Å². The third kappa shape index (κ3) is 1.74. The molecule has 5 nitrogen and oxygen atoms in total. The molecule has 2 rings (SSSR count). The van der Waals surface area contributed by atoms with E-state index in [4.69, 9.17) is 10.5 Å². The van der Waals surface area contributed by atoms with Gasteiger partial charge in [0.05, 0.1) is 13.2 Å². The lowest BCUT2D eigenvalue weighted by molar-refractivity contribution is -0.119. The molecule has 0 saturated carbocycles. The van der Waals surface area contributed by atoms with E-state index in [-0.39, 0.29) is 5.91 Å². The van der Waals surface area contributed by atoms with E-state index in [1.807, 2.05) is 6.07 Å². The van der Waals surface area contributed by atoms with Crippen molar-refractivity contribution in [1.29, 1.82) is 0 Å². The van der Waals surface area contributed by atoms with Gasteiger partial charge in [0.1, 0.15) is 5.82 Å². The lowest BCUT2D eigenvalue weighted by atomic mass is 10.1. The van der Waals surface area contributed by atoms with E-state index in [1.54, 1.807) is 20.2 Å².